The Morgan fingerprint density at radius 3 is 2.41 bits per heavy atom. The number of aromatic nitrogens is 2. The average Bonchev–Trinajstić information content (AvgIpc) is 2.82. The predicted octanol–water partition coefficient (Wildman–Crippen LogP) is 7.22. The Kier molecular flexibility index (Phi) is 12.2. The standard InChI is InChI=1S/C26H38N2O4/c1-4-6-7-8-9-10-11-12-17-30-26(29)32-24-14-13-22(23-19-27-15-16-28-23)18-25(24)31-20-21(3)5-2/h13-16,18-19,21H,4-12,17,20H2,1-3H3. The van der Waals surface area contributed by atoms with Gasteiger partial charge in [0.2, 0.25) is 0 Å². The lowest BCUT2D eigenvalue weighted by atomic mass is 10.1. The Balaban J connectivity index is 1.86. The molecule has 32 heavy (non-hydrogen) atoms. The van der Waals surface area contributed by atoms with E-state index >= 15 is 0 Å². The third-order valence-electron chi connectivity index (χ3n) is 5.43. The highest BCUT2D eigenvalue weighted by Crippen LogP contribution is 2.32. The van der Waals surface area contributed by atoms with Crippen molar-refractivity contribution in [1.29, 1.82) is 0 Å². The quantitative estimate of drug-likeness (QED) is 0.165. The van der Waals surface area contributed by atoms with Gasteiger partial charge >= 0.3 is 6.16 Å². The average molecular weight is 443 g/mol. The van der Waals surface area contributed by atoms with Crippen LogP contribution in [0.3, 0.4) is 0 Å². The van der Waals surface area contributed by atoms with Crippen molar-refractivity contribution in [1.82, 2.24) is 9.97 Å². The van der Waals surface area contributed by atoms with Crippen LogP contribution in [0.15, 0.2) is 36.8 Å². The van der Waals surface area contributed by atoms with Crippen LogP contribution in [-0.2, 0) is 4.74 Å². The molecule has 2 rings (SSSR count). The molecule has 0 fully saturated rings. The predicted molar refractivity (Wildman–Crippen MR) is 127 cm³/mol. The van der Waals surface area contributed by atoms with E-state index in [4.69, 9.17) is 14.2 Å². The van der Waals surface area contributed by atoms with Gasteiger partial charge in [-0.2, -0.15) is 0 Å². The Hall–Kier alpha value is -2.63. The van der Waals surface area contributed by atoms with Gasteiger partial charge in [0.25, 0.3) is 0 Å². The highest BCUT2D eigenvalue weighted by molar-refractivity contribution is 5.68. The van der Waals surface area contributed by atoms with Crippen molar-refractivity contribution in [3.05, 3.63) is 36.8 Å². The Bertz CT molecular complexity index is 783. The zero-order chi connectivity index (χ0) is 23.0. The lowest BCUT2D eigenvalue weighted by Gasteiger charge is -2.15. The fourth-order valence-corrected chi connectivity index (χ4v) is 3.17. The van der Waals surface area contributed by atoms with Crippen molar-refractivity contribution in [2.75, 3.05) is 13.2 Å². The smallest absolute Gasteiger partial charge is 0.489 e. The Morgan fingerprint density at radius 2 is 1.72 bits per heavy atom. The van der Waals surface area contributed by atoms with Crippen LogP contribution in [0.4, 0.5) is 4.79 Å². The molecule has 6 heteroatoms. The largest absolute Gasteiger partial charge is 0.513 e. The molecular weight excluding hydrogens is 404 g/mol. The summed E-state index contributed by atoms with van der Waals surface area (Å²) >= 11 is 0. The van der Waals surface area contributed by atoms with Gasteiger partial charge in [0, 0.05) is 18.0 Å². The number of nitrogens with zero attached hydrogens (tertiary/aromatic N) is 2. The SMILES string of the molecule is CCCCCCCCCCOC(=O)Oc1ccc(-c2cnccn2)cc1OCC(C)CC. The van der Waals surface area contributed by atoms with Gasteiger partial charge in [0.1, 0.15) is 0 Å². The van der Waals surface area contributed by atoms with Crippen LogP contribution in [0.1, 0.15) is 78.6 Å². The molecule has 1 heterocycles. The number of benzene rings is 1. The number of hydrogen-bond acceptors (Lipinski definition) is 6. The van der Waals surface area contributed by atoms with Crippen molar-refractivity contribution in [3.63, 3.8) is 0 Å². The first-order chi connectivity index (χ1) is 15.6. The molecule has 0 bridgehead atoms. The van der Waals surface area contributed by atoms with Gasteiger partial charge in [-0.15, -0.1) is 0 Å². The van der Waals surface area contributed by atoms with Crippen molar-refractivity contribution in [2.45, 2.75) is 78.6 Å². The molecule has 0 aliphatic heterocycles. The molecule has 1 aromatic heterocycles. The van der Waals surface area contributed by atoms with E-state index in [9.17, 15) is 4.79 Å². The minimum Gasteiger partial charge on any atom is -0.489 e. The maximum atomic E-state index is 12.2. The van der Waals surface area contributed by atoms with Gasteiger partial charge < -0.3 is 14.2 Å². The van der Waals surface area contributed by atoms with E-state index in [1.807, 2.05) is 12.1 Å². The van der Waals surface area contributed by atoms with Crippen LogP contribution in [0, 0.1) is 5.92 Å². The third kappa shape index (κ3) is 9.67. The molecule has 0 N–H and O–H groups in total. The number of carbonyl (C=O) groups excluding carboxylic acids is 1. The minimum atomic E-state index is -0.700. The molecule has 0 radical (unpaired) electrons. The topological polar surface area (TPSA) is 70.5 Å². The second-order valence-corrected chi connectivity index (χ2v) is 8.25. The summed E-state index contributed by atoms with van der Waals surface area (Å²) in [5.74, 6) is 1.23. The van der Waals surface area contributed by atoms with E-state index in [1.54, 1.807) is 24.7 Å². The Morgan fingerprint density at radius 1 is 0.969 bits per heavy atom. The van der Waals surface area contributed by atoms with Crippen LogP contribution in [-0.4, -0.2) is 29.3 Å². The van der Waals surface area contributed by atoms with E-state index in [0.29, 0.717) is 30.6 Å². The molecular formula is C26H38N2O4. The number of carbonyl (C=O) groups is 1. The van der Waals surface area contributed by atoms with E-state index in [-0.39, 0.29) is 0 Å². The Labute approximate surface area is 192 Å². The van der Waals surface area contributed by atoms with E-state index in [1.165, 1.54) is 38.5 Å². The zero-order valence-electron chi connectivity index (χ0n) is 19.8. The number of hydrogen-bond donors (Lipinski definition) is 0. The maximum absolute atomic E-state index is 12.2. The van der Waals surface area contributed by atoms with E-state index < -0.39 is 6.16 Å². The van der Waals surface area contributed by atoms with Crippen molar-refractivity contribution < 1.29 is 19.0 Å². The summed E-state index contributed by atoms with van der Waals surface area (Å²) in [6.45, 7) is 7.36. The second-order valence-electron chi connectivity index (χ2n) is 8.25. The number of rotatable bonds is 15. The lowest BCUT2D eigenvalue weighted by Crippen LogP contribution is -2.13. The summed E-state index contributed by atoms with van der Waals surface area (Å²) in [4.78, 5) is 20.6. The van der Waals surface area contributed by atoms with Gasteiger partial charge in [-0.05, 0) is 30.5 Å². The summed E-state index contributed by atoms with van der Waals surface area (Å²) in [5, 5.41) is 0. The zero-order valence-corrected chi connectivity index (χ0v) is 19.8. The van der Waals surface area contributed by atoms with Crippen LogP contribution < -0.4 is 9.47 Å². The molecule has 0 amide bonds. The summed E-state index contributed by atoms with van der Waals surface area (Å²) in [5.41, 5.74) is 1.57. The van der Waals surface area contributed by atoms with Crippen molar-refractivity contribution >= 4 is 6.16 Å². The van der Waals surface area contributed by atoms with Crippen molar-refractivity contribution in [3.8, 4) is 22.8 Å². The van der Waals surface area contributed by atoms with Gasteiger partial charge in [0.05, 0.1) is 25.1 Å². The summed E-state index contributed by atoms with van der Waals surface area (Å²) in [7, 11) is 0. The van der Waals surface area contributed by atoms with Gasteiger partial charge in [-0.1, -0.05) is 72.1 Å². The molecule has 1 aromatic carbocycles. The van der Waals surface area contributed by atoms with E-state index in [2.05, 4.69) is 30.7 Å². The lowest BCUT2D eigenvalue weighted by molar-refractivity contribution is 0.0954. The second kappa shape index (κ2) is 15.2. The first-order valence-corrected chi connectivity index (χ1v) is 12.0. The third-order valence-corrected chi connectivity index (χ3v) is 5.43. The molecule has 1 unspecified atom stereocenters. The molecule has 0 saturated carbocycles. The summed E-state index contributed by atoms with van der Waals surface area (Å²) in [6, 6.07) is 5.38. The maximum Gasteiger partial charge on any atom is 0.513 e. The minimum absolute atomic E-state index is 0.349. The van der Waals surface area contributed by atoms with Gasteiger partial charge in [0.15, 0.2) is 11.5 Å². The molecule has 6 nitrogen and oxygen atoms in total. The molecule has 0 aliphatic rings. The molecule has 2 aromatic rings. The van der Waals surface area contributed by atoms with Crippen LogP contribution in [0.5, 0.6) is 11.5 Å². The highest BCUT2D eigenvalue weighted by atomic mass is 16.7. The fourth-order valence-electron chi connectivity index (χ4n) is 3.17. The van der Waals surface area contributed by atoms with Crippen LogP contribution in [0.2, 0.25) is 0 Å². The normalized spacial score (nSPS) is 11.7. The summed E-state index contributed by atoms with van der Waals surface area (Å²) in [6.07, 6.45) is 14.8. The van der Waals surface area contributed by atoms with E-state index in [0.717, 1.165) is 30.5 Å². The molecule has 0 saturated heterocycles. The molecule has 0 aliphatic carbocycles. The summed E-state index contributed by atoms with van der Waals surface area (Å²) < 4.78 is 16.7. The monoisotopic (exact) mass is 442 g/mol. The number of ether oxygens (including phenoxy) is 3. The first kappa shape index (κ1) is 25.6. The molecule has 1 atom stereocenters. The fraction of sp³-hybridized carbons (Fsp3) is 0.577. The highest BCUT2D eigenvalue weighted by Gasteiger charge is 2.15. The van der Waals surface area contributed by atoms with Gasteiger partial charge in [-0.3, -0.25) is 9.97 Å². The van der Waals surface area contributed by atoms with Crippen molar-refractivity contribution in [2.24, 2.45) is 5.92 Å². The first-order valence-electron chi connectivity index (χ1n) is 12.0. The number of unbranched alkanes of at least 4 members (excludes halogenated alkanes) is 7. The van der Waals surface area contributed by atoms with Gasteiger partial charge in [-0.25, -0.2) is 4.79 Å². The van der Waals surface area contributed by atoms with Crippen LogP contribution in [0.25, 0.3) is 11.3 Å². The van der Waals surface area contributed by atoms with Crippen LogP contribution >= 0.6 is 0 Å². The molecule has 176 valence electrons. The molecule has 0 spiro atoms.